The van der Waals surface area contributed by atoms with Crippen LogP contribution in [0.1, 0.15) is 0 Å². The molecule has 0 aliphatic heterocycles. The third-order valence-electron chi connectivity index (χ3n) is 3.48. The summed E-state index contributed by atoms with van der Waals surface area (Å²) in [6.45, 7) is 0. The number of fused-ring (bicyclic) bond motifs is 3. The molecule has 0 aliphatic rings. The Labute approximate surface area is 115 Å². The van der Waals surface area contributed by atoms with Crippen LogP contribution in [0.2, 0.25) is 0 Å². The van der Waals surface area contributed by atoms with E-state index in [0.29, 0.717) is 11.3 Å². The van der Waals surface area contributed by atoms with E-state index in [1.165, 1.54) is 0 Å². The average molecular weight is 262 g/mol. The Morgan fingerprint density at radius 3 is 2.40 bits per heavy atom. The first kappa shape index (κ1) is 11.2. The molecule has 4 rings (SSSR count). The van der Waals surface area contributed by atoms with Gasteiger partial charge in [-0.1, -0.05) is 48.5 Å². The quantitative estimate of drug-likeness (QED) is 0.500. The average Bonchev–Trinajstić information content (AvgIpc) is 2.86. The molecule has 0 bridgehead atoms. The van der Waals surface area contributed by atoms with Crippen LogP contribution < -0.4 is 0 Å². The lowest BCUT2D eigenvalue weighted by Crippen LogP contribution is -1.91. The smallest absolute Gasteiger partial charge is 0.226 e. The summed E-state index contributed by atoms with van der Waals surface area (Å²) < 4.78 is 16.3. The second-order valence-corrected chi connectivity index (χ2v) is 4.70. The van der Waals surface area contributed by atoms with Crippen LogP contribution in [0.3, 0.4) is 0 Å². The predicted molar refractivity (Wildman–Crippen MR) is 78.1 cm³/mol. The van der Waals surface area contributed by atoms with E-state index in [1.54, 1.807) is 4.40 Å². The van der Waals surface area contributed by atoms with E-state index in [-0.39, 0.29) is 5.95 Å². The minimum absolute atomic E-state index is 0.317. The first-order chi connectivity index (χ1) is 9.84. The minimum atomic E-state index is -0.317. The van der Waals surface area contributed by atoms with Gasteiger partial charge in [-0.2, -0.15) is 4.39 Å². The number of halogens is 1. The fraction of sp³-hybridized carbons (Fsp3) is 0. The molecule has 0 spiro atoms. The second-order valence-electron chi connectivity index (χ2n) is 4.70. The van der Waals surface area contributed by atoms with Crippen molar-refractivity contribution in [3.8, 4) is 11.3 Å². The molecular weight excluding hydrogens is 251 g/mol. The van der Waals surface area contributed by atoms with Gasteiger partial charge in [0, 0.05) is 5.56 Å². The SMILES string of the molecule is Fc1c(-c2ccccc2)nc2ccc3ccccc3n12. The molecule has 0 aliphatic carbocycles. The third kappa shape index (κ3) is 1.53. The van der Waals surface area contributed by atoms with Crippen LogP contribution in [-0.4, -0.2) is 9.38 Å². The third-order valence-corrected chi connectivity index (χ3v) is 3.48. The molecule has 0 amide bonds. The van der Waals surface area contributed by atoms with Crippen molar-refractivity contribution in [2.45, 2.75) is 0 Å². The lowest BCUT2D eigenvalue weighted by molar-refractivity contribution is 0.582. The van der Waals surface area contributed by atoms with Crippen LogP contribution in [0.4, 0.5) is 4.39 Å². The number of rotatable bonds is 1. The molecule has 0 unspecified atom stereocenters. The summed E-state index contributed by atoms with van der Waals surface area (Å²) in [4.78, 5) is 4.42. The fourth-order valence-corrected chi connectivity index (χ4v) is 2.53. The second kappa shape index (κ2) is 4.17. The summed E-state index contributed by atoms with van der Waals surface area (Å²) in [5.41, 5.74) is 2.64. The summed E-state index contributed by atoms with van der Waals surface area (Å²) in [6, 6.07) is 21.0. The zero-order valence-electron chi connectivity index (χ0n) is 10.6. The molecule has 2 aromatic carbocycles. The molecule has 0 radical (unpaired) electrons. The Kier molecular flexibility index (Phi) is 2.33. The number of para-hydroxylation sites is 1. The normalized spacial score (nSPS) is 11.2. The van der Waals surface area contributed by atoms with Crippen molar-refractivity contribution >= 4 is 16.6 Å². The summed E-state index contributed by atoms with van der Waals surface area (Å²) in [6.07, 6.45) is 0. The molecule has 0 atom stereocenters. The van der Waals surface area contributed by atoms with E-state index in [0.717, 1.165) is 16.5 Å². The standard InChI is InChI=1S/C17H11FN2/c18-17-16(13-7-2-1-3-8-13)19-15-11-10-12-6-4-5-9-14(12)20(15)17/h1-11H. The summed E-state index contributed by atoms with van der Waals surface area (Å²) in [5.74, 6) is -0.317. The maximum Gasteiger partial charge on any atom is 0.226 e. The molecule has 2 nitrogen and oxygen atoms in total. The van der Waals surface area contributed by atoms with Gasteiger partial charge in [-0.25, -0.2) is 4.98 Å². The van der Waals surface area contributed by atoms with E-state index in [1.807, 2.05) is 66.7 Å². The molecule has 0 saturated carbocycles. The summed E-state index contributed by atoms with van der Waals surface area (Å²) in [5, 5.41) is 0.996. The van der Waals surface area contributed by atoms with Crippen LogP contribution in [-0.2, 0) is 0 Å². The van der Waals surface area contributed by atoms with Gasteiger partial charge in [-0.15, -0.1) is 0 Å². The molecular formula is C17H11FN2. The van der Waals surface area contributed by atoms with Crippen molar-refractivity contribution < 1.29 is 4.39 Å². The molecule has 3 heteroatoms. The minimum Gasteiger partial charge on any atom is -0.268 e. The first-order valence-electron chi connectivity index (χ1n) is 6.46. The summed E-state index contributed by atoms with van der Waals surface area (Å²) in [7, 11) is 0. The lowest BCUT2D eigenvalue weighted by Gasteiger charge is -2.01. The van der Waals surface area contributed by atoms with Crippen molar-refractivity contribution in [3.05, 3.63) is 72.7 Å². The Bertz CT molecular complexity index is 910. The number of nitrogens with zero attached hydrogens (tertiary/aromatic N) is 2. The zero-order chi connectivity index (χ0) is 13.5. The van der Waals surface area contributed by atoms with E-state index in [2.05, 4.69) is 4.98 Å². The van der Waals surface area contributed by atoms with Crippen LogP contribution in [0.15, 0.2) is 66.7 Å². The number of hydrogen-bond acceptors (Lipinski definition) is 1. The lowest BCUT2D eigenvalue weighted by atomic mass is 10.2. The van der Waals surface area contributed by atoms with Gasteiger partial charge in [0.25, 0.3) is 0 Å². The number of hydrogen-bond donors (Lipinski definition) is 0. The van der Waals surface area contributed by atoms with Gasteiger partial charge in [0.1, 0.15) is 11.3 Å². The largest absolute Gasteiger partial charge is 0.268 e. The van der Waals surface area contributed by atoms with Gasteiger partial charge in [0.05, 0.1) is 5.52 Å². The molecule has 96 valence electrons. The molecule has 0 fully saturated rings. The predicted octanol–water partition coefficient (Wildman–Crippen LogP) is 4.29. The maximum atomic E-state index is 14.7. The Morgan fingerprint density at radius 1 is 0.800 bits per heavy atom. The highest BCUT2D eigenvalue weighted by molar-refractivity contribution is 5.83. The monoisotopic (exact) mass is 262 g/mol. The highest BCUT2D eigenvalue weighted by Gasteiger charge is 2.15. The molecule has 2 heterocycles. The molecule has 4 aromatic rings. The molecule has 0 N–H and O–H groups in total. The number of benzene rings is 2. The Morgan fingerprint density at radius 2 is 1.55 bits per heavy atom. The van der Waals surface area contributed by atoms with Gasteiger partial charge in [0.15, 0.2) is 0 Å². The number of pyridine rings is 1. The van der Waals surface area contributed by atoms with Crippen LogP contribution in [0.25, 0.3) is 27.8 Å². The van der Waals surface area contributed by atoms with Gasteiger partial charge < -0.3 is 0 Å². The number of imidazole rings is 1. The van der Waals surface area contributed by atoms with E-state index >= 15 is 0 Å². The summed E-state index contributed by atoms with van der Waals surface area (Å²) >= 11 is 0. The Balaban J connectivity index is 2.11. The van der Waals surface area contributed by atoms with Crippen molar-refractivity contribution in [1.82, 2.24) is 9.38 Å². The molecule has 20 heavy (non-hydrogen) atoms. The highest BCUT2D eigenvalue weighted by Crippen LogP contribution is 2.26. The molecule has 2 aromatic heterocycles. The van der Waals surface area contributed by atoms with Crippen molar-refractivity contribution in [1.29, 1.82) is 0 Å². The zero-order valence-corrected chi connectivity index (χ0v) is 10.6. The van der Waals surface area contributed by atoms with Gasteiger partial charge in [-0.3, -0.25) is 4.40 Å². The van der Waals surface area contributed by atoms with Gasteiger partial charge in [0.2, 0.25) is 5.95 Å². The highest BCUT2D eigenvalue weighted by atomic mass is 19.1. The van der Waals surface area contributed by atoms with Crippen molar-refractivity contribution in [2.24, 2.45) is 0 Å². The van der Waals surface area contributed by atoms with Crippen LogP contribution >= 0.6 is 0 Å². The fourth-order valence-electron chi connectivity index (χ4n) is 2.53. The van der Waals surface area contributed by atoms with E-state index in [4.69, 9.17) is 0 Å². The topological polar surface area (TPSA) is 17.3 Å². The van der Waals surface area contributed by atoms with Crippen LogP contribution in [0.5, 0.6) is 0 Å². The van der Waals surface area contributed by atoms with Gasteiger partial charge >= 0.3 is 0 Å². The Hall–Kier alpha value is -2.68. The number of aromatic nitrogens is 2. The van der Waals surface area contributed by atoms with Crippen molar-refractivity contribution in [3.63, 3.8) is 0 Å². The van der Waals surface area contributed by atoms with E-state index in [9.17, 15) is 4.39 Å². The van der Waals surface area contributed by atoms with Crippen molar-refractivity contribution in [2.75, 3.05) is 0 Å². The molecule has 0 saturated heterocycles. The maximum absolute atomic E-state index is 14.7. The first-order valence-corrected chi connectivity index (χ1v) is 6.46. The van der Waals surface area contributed by atoms with Crippen LogP contribution in [0, 0.1) is 5.95 Å². The van der Waals surface area contributed by atoms with E-state index < -0.39 is 0 Å². The van der Waals surface area contributed by atoms with Gasteiger partial charge in [-0.05, 0) is 23.6 Å².